The largest absolute Gasteiger partial charge is 0.294 e. The van der Waals surface area contributed by atoms with Crippen molar-refractivity contribution >= 4 is 29.0 Å². The van der Waals surface area contributed by atoms with Crippen molar-refractivity contribution in [3.63, 3.8) is 0 Å². The molecular weight excluding hydrogens is 219 g/mol. The summed E-state index contributed by atoms with van der Waals surface area (Å²) in [5.74, 6) is 0.917. The van der Waals surface area contributed by atoms with E-state index >= 15 is 0 Å². The number of rotatable bonds is 2. The third kappa shape index (κ3) is 1.79. The van der Waals surface area contributed by atoms with Crippen LogP contribution < -0.4 is 0 Å². The second kappa shape index (κ2) is 3.56. The summed E-state index contributed by atoms with van der Waals surface area (Å²) in [6, 6.07) is 5.06. The highest BCUT2D eigenvalue weighted by molar-refractivity contribution is 6.42. The fourth-order valence-electron chi connectivity index (χ4n) is 1.55. The lowest BCUT2D eigenvalue weighted by molar-refractivity contribution is 0.0962. The highest BCUT2D eigenvalue weighted by Gasteiger charge is 2.39. The van der Waals surface area contributed by atoms with Crippen molar-refractivity contribution in [2.75, 3.05) is 0 Å². The number of carbonyl (C=O) groups is 1. The molecule has 1 aliphatic rings. The zero-order valence-corrected chi connectivity index (χ0v) is 9.27. The van der Waals surface area contributed by atoms with Crippen molar-refractivity contribution in [2.24, 2.45) is 11.8 Å². The van der Waals surface area contributed by atoms with E-state index < -0.39 is 0 Å². The van der Waals surface area contributed by atoms with Crippen LogP contribution in [-0.2, 0) is 0 Å². The smallest absolute Gasteiger partial charge is 0.166 e. The molecule has 2 atom stereocenters. The molecule has 2 rings (SSSR count). The second-order valence-electron chi connectivity index (χ2n) is 3.81. The average Bonchev–Trinajstić information content (AvgIpc) is 2.86. The van der Waals surface area contributed by atoms with Gasteiger partial charge in [-0.1, -0.05) is 30.1 Å². The molecule has 74 valence electrons. The lowest BCUT2D eigenvalue weighted by Crippen LogP contribution is -2.02. The van der Waals surface area contributed by atoms with Crippen LogP contribution in [0.15, 0.2) is 18.2 Å². The number of Topliss-reactive ketones (excluding diaryl/α,β-unsaturated/α-hetero) is 1. The number of benzene rings is 1. The van der Waals surface area contributed by atoms with Crippen molar-refractivity contribution in [2.45, 2.75) is 13.3 Å². The molecule has 1 fully saturated rings. The summed E-state index contributed by atoms with van der Waals surface area (Å²) in [7, 11) is 0. The van der Waals surface area contributed by atoms with Crippen molar-refractivity contribution < 1.29 is 4.79 Å². The highest BCUT2D eigenvalue weighted by atomic mass is 35.5. The molecule has 0 spiro atoms. The van der Waals surface area contributed by atoms with Crippen molar-refractivity contribution in [3.8, 4) is 0 Å². The molecular formula is C11H10Cl2O. The molecule has 14 heavy (non-hydrogen) atoms. The Morgan fingerprint density at radius 1 is 1.36 bits per heavy atom. The molecule has 1 nitrogen and oxygen atoms in total. The summed E-state index contributed by atoms with van der Waals surface area (Å²) < 4.78 is 0. The van der Waals surface area contributed by atoms with E-state index in [1.165, 1.54) is 0 Å². The van der Waals surface area contributed by atoms with Crippen LogP contribution in [0, 0.1) is 11.8 Å². The first-order valence-electron chi connectivity index (χ1n) is 4.59. The van der Waals surface area contributed by atoms with Gasteiger partial charge in [0.15, 0.2) is 5.78 Å². The highest BCUT2D eigenvalue weighted by Crippen LogP contribution is 2.40. The predicted octanol–water partition coefficient (Wildman–Crippen LogP) is 3.83. The Balaban J connectivity index is 2.24. The normalized spacial score (nSPS) is 24.8. The molecule has 0 aromatic heterocycles. The van der Waals surface area contributed by atoms with Crippen LogP contribution in [0.2, 0.25) is 10.0 Å². The molecule has 3 heteroatoms. The van der Waals surface area contributed by atoms with Crippen molar-refractivity contribution in [3.05, 3.63) is 33.8 Å². The summed E-state index contributed by atoms with van der Waals surface area (Å²) in [6.07, 6.45) is 0.999. The molecule has 0 amide bonds. The molecule has 0 aliphatic heterocycles. The van der Waals surface area contributed by atoms with Gasteiger partial charge in [-0.25, -0.2) is 0 Å². The predicted molar refractivity (Wildman–Crippen MR) is 58.1 cm³/mol. The van der Waals surface area contributed by atoms with Crippen LogP contribution in [0.1, 0.15) is 23.7 Å². The van der Waals surface area contributed by atoms with Crippen LogP contribution in [0.4, 0.5) is 0 Å². The van der Waals surface area contributed by atoms with E-state index in [2.05, 4.69) is 6.92 Å². The van der Waals surface area contributed by atoms with E-state index in [9.17, 15) is 4.79 Å². The van der Waals surface area contributed by atoms with E-state index in [-0.39, 0.29) is 11.7 Å². The quantitative estimate of drug-likeness (QED) is 0.704. The molecule has 1 aromatic carbocycles. The molecule has 0 heterocycles. The number of ketones is 1. The number of hydrogen-bond acceptors (Lipinski definition) is 1. The Kier molecular flexibility index (Phi) is 2.54. The molecule has 0 saturated heterocycles. The van der Waals surface area contributed by atoms with Gasteiger partial charge < -0.3 is 0 Å². The van der Waals surface area contributed by atoms with E-state index in [1.807, 2.05) is 0 Å². The van der Waals surface area contributed by atoms with Crippen LogP contribution in [0.25, 0.3) is 0 Å². The Bertz CT molecular complexity index is 387. The van der Waals surface area contributed by atoms with Crippen LogP contribution in [-0.4, -0.2) is 5.78 Å². The number of hydrogen-bond donors (Lipinski definition) is 0. The summed E-state index contributed by atoms with van der Waals surface area (Å²) in [6.45, 7) is 2.08. The summed E-state index contributed by atoms with van der Waals surface area (Å²) in [5.41, 5.74) is 0.675. The molecule has 1 saturated carbocycles. The first-order valence-corrected chi connectivity index (χ1v) is 5.34. The summed E-state index contributed by atoms with van der Waals surface area (Å²) in [4.78, 5) is 11.8. The van der Waals surface area contributed by atoms with E-state index in [1.54, 1.807) is 18.2 Å². The van der Waals surface area contributed by atoms with Gasteiger partial charge in [-0.15, -0.1) is 0 Å². The topological polar surface area (TPSA) is 17.1 Å². The fraction of sp³-hybridized carbons (Fsp3) is 0.364. The second-order valence-corrected chi connectivity index (χ2v) is 4.63. The van der Waals surface area contributed by atoms with Gasteiger partial charge >= 0.3 is 0 Å². The van der Waals surface area contributed by atoms with E-state index in [4.69, 9.17) is 23.2 Å². The number of carbonyl (C=O) groups excluding carboxylic acids is 1. The molecule has 0 bridgehead atoms. The third-order valence-corrected chi connectivity index (χ3v) is 3.39. The lowest BCUT2D eigenvalue weighted by atomic mass is 10.1. The van der Waals surface area contributed by atoms with Crippen LogP contribution in [0.5, 0.6) is 0 Å². The summed E-state index contributed by atoms with van der Waals surface area (Å²) in [5, 5.41) is 0.942. The van der Waals surface area contributed by atoms with Crippen LogP contribution in [0.3, 0.4) is 0 Å². The third-order valence-electron chi connectivity index (χ3n) is 2.65. The average molecular weight is 229 g/mol. The Hall–Kier alpha value is -0.530. The molecule has 1 aromatic rings. The number of halogens is 2. The van der Waals surface area contributed by atoms with Gasteiger partial charge in [0.2, 0.25) is 0 Å². The van der Waals surface area contributed by atoms with Crippen molar-refractivity contribution in [1.29, 1.82) is 0 Å². The van der Waals surface area contributed by atoms with E-state index in [0.717, 1.165) is 6.42 Å². The van der Waals surface area contributed by atoms with E-state index in [0.29, 0.717) is 21.5 Å². The summed E-state index contributed by atoms with van der Waals surface area (Å²) >= 11 is 11.6. The zero-order valence-electron chi connectivity index (χ0n) is 7.76. The molecule has 0 N–H and O–H groups in total. The van der Waals surface area contributed by atoms with Crippen LogP contribution >= 0.6 is 23.2 Å². The minimum absolute atomic E-state index is 0.191. The first kappa shape index (κ1) is 10.0. The van der Waals surface area contributed by atoms with Gasteiger partial charge in [-0.2, -0.15) is 0 Å². The fourth-order valence-corrected chi connectivity index (χ4v) is 1.85. The molecule has 0 radical (unpaired) electrons. The van der Waals surface area contributed by atoms with Gasteiger partial charge in [0, 0.05) is 11.5 Å². The molecule has 0 unspecified atom stereocenters. The Labute approximate surface area is 93.0 Å². The molecule has 1 aliphatic carbocycles. The lowest BCUT2D eigenvalue weighted by Gasteiger charge is -2.01. The zero-order chi connectivity index (χ0) is 10.3. The maximum absolute atomic E-state index is 11.8. The SMILES string of the molecule is C[C@@H]1C[C@H]1C(=O)c1ccc(Cl)c(Cl)c1. The monoisotopic (exact) mass is 228 g/mol. The minimum atomic E-state index is 0.191. The van der Waals surface area contributed by atoms with Gasteiger partial charge in [0.25, 0.3) is 0 Å². The Morgan fingerprint density at radius 3 is 2.50 bits per heavy atom. The standard InChI is InChI=1S/C11H10Cl2O/c1-6-4-8(6)11(14)7-2-3-9(12)10(13)5-7/h2-3,5-6,8H,4H2,1H3/t6-,8-/m1/s1. The van der Waals surface area contributed by atoms with Gasteiger partial charge in [0.05, 0.1) is 10.0 Å². The Morgan fingerprint density at radius 2 is 2.00 bits per heavy atom. The minimum Gasteiger partial charge on any atom is -0.294 e. The maximum Gasteiger partial charge on any atom is 0.166 e. The van der Waals surface area contributed by atoms with Gasteiger partial charge in [-0.3, -0.25) is 4.79 Å². The first-order chi connectivity index (χ1) is 6.59. The van der Waals surface area contributed by atoms with Crippen molar-refractivity contribution in [1.82, 2.24) is 0 Å². The van der Waals surface area contributed by atoms with Gasteiger partial charge in [-0.05, 0) is 30.5 Å². The van der Waals surface area contributed by atoms with Gasteiger partial charge in [0.1, 0.15) is 0 Å². The maximum atomic E-state index is 11.8.